The second-order valence-electron chi connectivity index (χ2n) is 7.76. The number of nitrogen functional groups attached to an aromatic ring is 1. The molecule has 3 aromatic rings. The van der Waals surface area contributed by atoms with Crippen LogP contribution >= 0.6 is 11.3 Å². The van der Waals surface area contributed by atoms with Gasteiger partial charge in [0.05, 0.1) is 17.1 Å². The van der Waals surface area contributed by atoms with Crippen LogP contribution in [0.2, 0.25) is 0 Å². The van der Waals surface area contributed by atoms with Crippen molar-refractivity contribution in [2.24, 2.45) is 0 Å². The quantitative estimate of drug-likeness (QED) is 0.416. The third-order valence-corrected chi connectivity index (χ3v) is 5.57. The molecule has 0 saturated heterocycles. The van der Waals surface area contributed by atoms with E-state index in [4.69, 9.17) is 5.73 Å². The molecule has 0 atom stereocenters. The number of para-hydroxylation sites is 2. The number of anilines is 3. The molecule has 1 heterocycles. The first kappa shape index (κ1) is 23.3. The fraction of sp³-hybridized carbons (Fsp3) is 0.250. The van der Waals surface area contributed by atoms with Gasteiger partial charge in [0.25, 0.3) is 5.91 Å². The number of nitrogens with zero attached hydrogens (tertiary/aromatic N) is 2. The van der Waals surface area contributed by atoms with Crippen molar-refractivity contribution in [3.05, 3.63) is 76.5 Å². The number of nitrogens with one attached hydrogen (secondary N) is 2. The van der Waals surface area contributed by atoms with Gasteiger partial charge in [0.2, 0.25) is 0 Å². The summed E-state index contributed by atoms with van der Waals surface area (Å²) < 4.78 is 0. The Bertz CT molecular complexity index is 1020. The highest BCUT2D eigenvalue weighted by Crippen LogP contribution is 2.19. The molecule has 0 spiro atoms. The number of nitrogens with two attached hydrogens (primary N) is 1. The largest absolute Gasteiger partial charge is 0.397 e. The molecular formula is C24H29N5O2S. The van der Waals surface area contributed by atoms with E-state index in [9.17, 15) is 9.59 Å². The van der Waals surface area contributed by atoms with Crippen molar-refractivity contribution in [3.8, 4) is 0 Å². The lowest BCUT2D eigenvalue weighted by atomic mass is 10.1. The van der Waals surface area contributed by atoms with E-state index < -0.39 is 0 Å². The Morgan fingerprint density at radius 2 is 1.72 bits per heavy atom. The number of thiophene rings is 1. The van der Waals surface area contributed by atoms with Crippen LogP contribution in [-0.4, -0.2) is 48.9 Å². The van der Waals surface area contributed by atoms with Crippen molar-refractivity contribution in [2.45, 2.75) is 13.0 Å². The van der Waals surface area contributed by atoms with E-state index in [1.54, 1.807) is 29.2 Å². The average Bonchev–Trinajstić information content (AvgIpc) is 3.28. The summed E-state index contributed by atoms with van der Waals surface area (Å²) in [4.78, 5) is 29.3. The number of urea groups is 1. The maximum Gasteiger partial charge on any atom is 0.322 e. The maximum atomic E-state index is 12.8. The second-order valence-corrected chi connectivity index (χ2v) is 8.54. The summed E-state index contributed by atoms with van der Waals surface area (Å²) in [6, 6.07) is 16.2. The van der Waals surface area contributed by atoms with E-state index in [-0.39, 0.29) is 11.9 Å². The summed E-state index contributed by atoms with van der Waals surface area (Å²) in [7, 11) is 4.03. The summed E-state index contributed by atoms with van der Waals surface area (Å²) in [6.45, 7) is 1.98. The minimum Gasteiger partial charge on any atom is -0.397 e. The highest BCUT2D eigenvalue weighted by atomic mass is 32.1. The highest BCUT2D eigenvalue weighted by molar-refractivity contribution is 7.08. The Morgan fingerprint density at radius 1 is 0.969 bits per heavy atom. The zero-order valence-electron chi connectivity index (χ0n) is 18.4. The number of benzene rings is 2. The number of carbonyl (C=O) groups is 2. The number of hydrogen-bond donors (Lipinski definition) is 3. The van der Waals surface area contributed by atoms with Crippen LogP contribution in [0.3, 0.4) is 0 Å². The fourth-order valence-electron chi connectivity index (χ4n) is 3.16. The van der Waals surface area contributed by atoms with Crippen molar-refractivity contribution in [2.75, 3.05) is 43.6 Å². The van der Waals surface area contributed by atoms with Crippen LogP contribution in [0.5, 0.6) is 0 Å². The van der Waals surface area contributed by atoms with Crippen molar-refractivity contribution in [1.29, 1.82) is 0 Å². The Labute approximate surface area is 192 Å². The van der Waals surface area contributed by atoms with E-state index in [0.29, 0.717) is 30.0 Å². The summed E-state index contributed by atoms with van der Waals surface area (Å²) in [5.74, 6) is -0.229. The zero-order valence-corrected chi connectivity index (χ0v) is 19.2. The first-order valence-corrected chi connectivity index (χ1v) is 11.3. The van der Waals surface area contributed by atoms with E-state index in [2.05, 4.69) is 15.5 Å². The van der Waals surface area contributed by atoms with Gasteiger partial charge in [-0.3, -0.25) is 4.79 Å². The van der Waals surface area contributed by atoms with E-state index in [0.717, 1.165) is 24.2 Å². The number of carbonyl (C=O) groups excluding carboxylic acids is 2. The van der Waals surface area contributed by atoms with E-state index in [1.807, 2.05) is 55.2 Å². The van der Waals surface area contributed by atoms with Gasteiger partial charge in [0.15, 0.2) is 0 Å². The molecule has 0 bridgehead atoms. The Morgan fingerprint density at radius 3 is 2.38 bits per heavy atom. The minimum absolute atomic E-state index is 0.136. The van der Waals surface area contributed by atoms with Crippen LogP contribution in [0.15, 0.2) is 65.4 Å². The summed E-state index contributed by atoms with van der Waals surface area (Å²) in [5, 5.41) is 9.61. The lowest BCUT2D eigenvalue weighted by Gasteiger charge is -2.24. The molecule has 3 amide bonds. The molecule has 1 aromatic heterocycles. The molecule has 8 heteroatoms. The molecule has 2 aromatic carbocycles. The van der Waals surface area contributed by atoms with Gasteiger partial charge in [-0.1, -0.05) is 24.3 Å². The molecule has 0 fully saturated rings. The molecule has 0 aliphatic heterocycles. The van der Waals surface area contributed by atoms with Gasteiger partial charge in [-0.2, -0.15) is 11.3 Å². The third-order valence-electron chi connectivity index (χ3n) is 4.89. The topological polar surface area (TPSA) is 90.7 Å². The summed E-state index contributed by atoms with van der Waals surface area (Å²) in [5.41, 5.74) is 9.27. The minimum atomic E-state index is -0.229. The van der Waals surface area contributed by atoms with Crippen LogP contribution in [0.1, 0.15) is 22.3 Å². The molecule has 32 heavy (non-hydrogen) atoms. The van der Waals surface area contributed by atoms with Gasteiger partial charge in [-0.05, 0) is 68.3 Å². The highest BCUT2D eigenvalue weighted by Gasteiger charge is 2.15. The molecule has 0 aliphatic rings. The molecule has 7 nitrogen and oxygen atoms in total. The Balaban J connectivity index is 1.65. The van der Waals surface area contributed by atoms with Gasteiger partial charge >= 0.3 is 6.03 Å². The molecule has 3 rings (SSSR count). The summed E-state index contributed by atoms with van der Waals surface area (Å²) in [6.07, 6.45) is 0.864. The molecule has 0 unspecified atom stereocenters. The number of hydrogen-bond acceptors (Lipinski definition) is 5. The smallest absolute Gasteiger partial charge is 0.322 e. The molecule has 0 aliphatic carbocycles. The molecule has 0 radical (unpaired) electrons. The van der Waals surface area contributed by atoms with Gasteiger partial charge in [0, 0.05) is 24.0 Å². The predicted molar refractivity (Wildman–Crippen MR) is 132 cm³/mol. The number of amides is 3. The van der Waals surface area contributed by atoms with Gasteiger partial charge in [-0.15, -0.1) is 0 Å². The lowest BCUT2D eigenvalue weighted by Crippen LogP contribution is -2.36. The number of rotatable bonds is 9. The van der Waals surface area contributed by atoms with Crippen LogP contribution in [0.25, 0.3) is 0 Å². The van der Waals surface area contributed by atoms with Crippen molar-refractivity contribution in [3.63, 3.8) is 0 Å². The van der Waals surface area contributed by atoms with E-state index >= 15 is 0 Å². The van der Waals surface area contributed by atoms with Crippen LogP contribution < -0.4 is 16.4 Å². The van der Waals surface area contributed by atoms with E-state index in [1.165, 1.54) is 11.3 Å². The van der Waals surface area contributed by atoms with Crippen LogP contribution in [0.4, 0.5) is 21.9 Å². The fourth-order valence-corrected chi connectivity index (χ4v) is 3.74. The van der Waals surface area contributed by atoms with Gasteiger partial charge in [0.1, 0.15) is 0 Å². The summed E-state index contributed by atoms with van der Waals surface area (Å²) >= 11 is 1.54. The SMILES string of the molecule is CN(C)CCCN(Cc1ccc(C(=O)Nc2ccccc2N)cc1)C(=O)Nc1ccsc1. The zero-order chi connectivity index (χ0) is 22.9. The molecule has 168 valence electrons. The molecule has 0 saturated carbocycles. The van der Waals surface area contributed by atoms with Crippen molar-refractivity contribution >= 4 is 40.3 Å². The normalized spacial score (nSPS) is 10.7. The Hall–Kier alpha value is -3.36. The van der Waals surface area contributed by atoms with Crippen molar-refractivity contribution in [1.82, 2.24) is 9.80 Å². The first-order valence-electron chi connectivity index (χ1n) is 10.4. The monoisotopic (exact) mass is 451 g/mol. The predicted octanol–water partition coefficient (Wildman–Crippen LogP) is 4.57. The molecule has 4 N–H and O–H groups in total. The maximum absolute atomic E-state index is 12.8. The third kappa shape index (κ3) is 6.83. The lowest BCUT2D eigenvalue weighted by molar-refractivity contribution is 0.102. The Kier molecular flexibility index (Phi) is 8.24. The standard InChI is InChI=1S/C24H29N5O2S/c1-28(2)13-5-14-29(24(31)26-20-12-15-32-17-20)16-18-8-10-19(11-9-18)23(30)27-22-7-4-3-6-21(22)25/h3-4,6-12,15,17H,5,13-14,16,25H2,1-2H3,(H,26,31)(H,27,30). The van der Waals surface area contributed by atoms with Crippen molar-refractivity contribution < 1.29 is 9.59 Å². The molecular weight excluding hydrogens is 422 g/mol. The van der Waals surface area contributed by atoms with Crippen LogP contribution in [-0.2, 0) is 6.54 Å². The average molecular weight is 452 g/mol. The first-order chi connectivity index (χ1) is 15.4. The van der Waals surface area contributed by atoms with Crippen LogP contribution in [0, 0.1) is 0 Å². The van der Waals surface area contributed by atoms with Gasteiger partial charge in [-0.25, -0.2) is 4.79 Å². The second kappa shape index (κ2) is 11.3. The van der Waals surface area contributed by atoms with Gasteiger partial charge < -0.3 is 26.2 Å².